The zero-order chi connectivity index (χ0) is 23.5. The van der Waals surface area contributed by atoms with Crippen LogP contribution in [-0.4, -0.2) is 83.7 Å². The van der Waals surface area contributed by atoms with Crippen LogP contribution in [0.25, 0.3) is 6.08 Å². The van der Waals surface area contributed by atoms with Crippen molar-refractivity contribution in [2.75, 3.05) is 43.6 Å². The monoisotopic (exact) mass is 458 g/mol. The van der Waals surface area contributed by atoms with E-state index < -0.39 is 12.0 Å². The average molecular weight is 459 g/mol. The van der Waals surface area contributed by atoms with E-state index in [0.29, 0.717) is 12.3 Å². The number of aliphatic hydroxyl groups is 1. The summed E-state index contributed by atoms with van der Waals surface area (Å²) in [5, 5.41) is 21.4. The Labute approximate surface area is 193 Å². The Morgan fingerprint density at radius 3 is 2.66 bits per heavy atom. The molecular formula is C24H32N3O4S+. The number of amides is 1. The fraction of sp³-hybridized carbons (Fsp3) is 0.375. The van der Waals surface area contributed by atoms with Crippen molar-refractivity contribution in [2.24, 2.45) is 0 Å². The lowest BCUT2D eigenvalue weighted by molar-refractivity contribution is -0.479. The number of nitrogens with zero attached hydrogens (tertiary/aromatic N) is 2. The molecule has 0 bridgehead atoms. The Morgan fingerprint density at radius 1 is 1.38 bits per heavy atom. The SMILES string of the molecule is C=CC(/C=C/c1ccc(N2CCC(O)C2)cc1)=C\C=[N+](C)CC(=O)NC(CSC)C(=O)O. The topological polar surface area (TPSA) is 92.9 Å². The first-order chi connectivity index (χ1) is 15.3. The Balaban J connectivity index is 1.94. The molecule has 1 aromatic rings. The van der Waals surface area contributed by atoms with E-state index in [9.17, 15) is 14.7 Å². The molecular weight excluding hydrogens is 426 g/mol. The van der Waals surface area contributed by atoms with Gasteiger partial charge in [-0.15, -0.1) is 0 Å². The summed E-state index contributed by atoms with van der Waals surface area (Å²) < 4.78 is 1.68. The number of aliphatic hydroxyl groups excluding tert-OH is 1. The van der Waals surface area contributed by atoms with Gasteiger partial charge in [-0.1, -0.05) is 36.9 Å². The number of aliphatic carboxylic acids is 1. The maximum atomic E-state index is 12.1. The van der Waals surface area contributed by atoms with Crippen LogP contribution >= 0.6 is 11.8 Å². The van der Waals surface area contributed by atoms with Gasteiger partial charge in [0.15, 0.2) is 6.21 Å². The summed E-state index contributed by atoms with van der Waals surface area (Å²) in [7, 11) is 1.75. The number of benzene rings is 1. The average Bonchev–Trinajstić information content (AvgIpc) is 3.20. The van der Waals surface area contributed by atoms with E-state index >= 15 is 0 Å². The van der Waals surface area contributed by atoms with Crippen molar-refractivity contribution in [3.8, 4) is 0 Å². The van der Waals surface area contributed by atoms with E-state index in [-0.39, 0.29) is 18.6 Å². The Morgan fingerprint density at radius 2 is 2.09 bits per heavy atom. The summed E-state index contributed by atoms with van der Waals surface area (Å²) in [5.41, 5.74) is 3.02. The first-order valence-electron chi connectivity index (χ1n) is 10.4. The van der Waals surface area contributed by atoms with E-state index in [0.717, 1.165) is 29.8 Å². The third-order valence-electron chi connectivity index (χ3n) is 5.01. The van der Waals surface area contributed by atoms with Gasteiger partial charge in [0.1, 0.15) is 13.1 Å². The lowest BCUT2D eigenvalue weighted by Gasteiger charge is -2.17. The van der Waals surface area contributed by atoms with Gasteiger partial charge < -0.3 is 20.4 Å². The van der Waals surface area contributed by atoms with Crippen LogP contribution in [0.3, 0.4) is 0 Å². The van der Waals surface area contributed by atoms with Gasteiger partial charge >= 0.3 is 5.97 Å². The van der Waals surface area contributed by atoms with E-state index in [2.05, 4.69) is 28.9 Å². The summed E-state index contributed by atoms with van der Waals surface area (Å²) in [6.45, 7) is 5.43. The van der Waals surface area contributed by atoms with Crippen molar-refractivity contribution in [1.29, 1.82) is 0 Å². The highest BCUT2D eigenvalue weighted by Crippen LogP contribution is 2.21. The fourth-order valence-electron chi connectivity index (χ4n) is 3.23. The van der Waals surface area contributed by atoms with Crippen molar-refractivity contribution >= 4 is 41.6 Å². The molecule has 0 aliphatic carbocycles. The van der Waals surface area contributed by atoms with Crippen molar-refractivity contribution < 1.29 is 24.4 Å². The largest absolute Gasteiger partial charge is 0.480 e. The van der Waals surface area contributed by atoms with Crippen LogP contribution in [-0.2, 0) is 9.59 Å². The number of anilines is 1. The van der Waals surface area contributed by atoms with Crippen LogP contribution in [0.2, 0.25) is 0 Å². The first kappa shape index (κ1) is 25.4. The highest BCUT2D eigenvalue weighted by atomic mass is 32.2. The minimum absolute atomic E-state index is 0.0510. The van der Waals surface area contributed by atoms with Gasteiger partial charge in [0.25, 0.3) is 5.91 Å². The lowest BCUT2D eigenvalue weighted by atomic mass is 10.1. The molecule has 172 valence electrons. The summed E-state index contributed by atoms with van der Waals surface area (Å²) in [5.74, 6) is -1.06. The predicted octanol–water partition coefficient (Wildman–Crippen LogP) is 2.03. The summed E-state index contributed by atoms with van der Waals surface area (Å²) in [6.07, 6.45) is 11.6. The molecule has 1 fully saturated rings. The first-order valence-corrected chi connectivity index (χ1v) is 11.8. The molecule has 1 aliphatic rings. The number of nitrogens with one attached hydrogen (secondary N) is 1. The van der Waals surface area contributed by atoms with Gasteiger partial charge in [-0.3, -0.25) is 4.79 Å². The quantitative estimate of drug-likeness (QED) is 0.267. The number of allylic oxidation sites excluding steroid dienone is 4. The highest BCUT2D eigenvalue weighted by Gasteiger charge is 2.21. The van der Waals surface area contributed by atoms with Crippen molar-refractivity contribution in [2.45, 2.75) is 18.6 Å². The smallest absolute Gasteiger partial charge is 0.327 e. The number of thioether (sulfide) groups is 1. The van der Waals surface area contributed by atoms with Gasteiger partial charge in [-0.25, -0.2) is 9.37 Å². The number of carboxylic acids is 1. The molecule has 1 aromatic carbocycles. The molecule has 1 amide bonds. The third-order valence-corrected chi connectivity index (χ3v) is 5.67. The second kappa shape index (κ2) is 12.9. The minimum Gasteiger partial charge on any atom is -0.480 e. The van der Waals surface area contributed by atoms with E-state index in [1.54, 1.807) is 30.2 Å². The summed E-state index contributed by atoms with van der Waals surface area (Å²) >= 11 is 1.37. The second-order valence-corrected chi connectivity index (χ2v) is 8.57. The molecule has 3 N–H and O–H groups in total. The molecule has 7 nitrogen and oxygen atoms in total. The van der Waals surface area contributed by atoms with Crippen LogP contribution in [0.4, 0.5) is 5.69 Å². The zero-order valence-electron chi connectivity index (χ0n) is 18.6. The Bertz CT molecular complexity index is 893. The number of β-amino-alcohol motifs (C(OH)–C–C–N with tert-alkyl or cyclic N) is 1. The molecule has 8 heteroatoms. The molecule has 2 unspecified atom stereocenters. The van der Waals surface area contributed by atoms with E-state index in [1.807, 2.05) is 30.4 Å². The molecule has 0 saturated carbocycles. The minimum atomic E-state index is -1.04. The van der Waals surface area contributed by atoms with E-state index in [4.69, 9.17) is 5.11 Å². The maximum Gasteiger partial charge on any atom is 0.327 e. The van der Waals surface area contributed by atoms with Crippen molar-refractivity contribution in [1.82, 2.24) is 5.32 Å². The summed E-state index contributed by atoms with van der Waals surface area (Å²) in [6, 6.07) is 7.27. The Kier molecular flexibility index (Phi) is 10.2. The number of hydrogen-bond acceptors (Lipinski definition) is 5. The van der Waals surface area contributed by atoms with Gasteiger partial charge in [0.05, 0.1) is 6.10 Å². The zero-order valence-corrected chi connectivity index (χ0v) is 19.4. The van der Waals surface area contributed by atoms with Crippen LogP contribution in [0.1, 0.15) is 12.0 Å². The number of rotatable bonds is 11. The third kappa shape index (κ3) is 8.36. The molecule has 2 rings (SSSR count). The van der Waals surface area contributed by atoms with Crippen LogP contribution in [0.15, 0.2) is 54.6 Å². The number of likely N-dealkylation sites (N-methyl/N-ethyl adjacent to an activating group) is 1. The van der Waals surface area contributed by atoms with Gasteiger partial charge in [-0.05, 0) is 35.9 Å². The summed E-state index contributed by atoms with van der Waals surface area (Å²) in [4.78, 5) is 25.4. The molecule has 0 spiro atoms. The highest BCUT2D eigenvalue weighted by molar-refractivity contribution is 7.98. The van der Waals surface area contributed by atoms with Crippen molar-refractivity contribution in [3.63, 3.8) is 0 Å². The molecule has 0 aromatic heterocycles. The van der Waals surface area contributed by atoms with Crippen LogP contribution in [0.5, 0.6) is 0 Å². The number of carbonyl (C=O) groups is 2. The number of hydrogen-bond donors (Lipinski definition) is 3. The Hall–Kier alpha value is -2.84. The van der Waals surface area contributed by atoms with Gasteiger partial charge in [0, 0.05) is 30.6 Å². The van der Waals surface area contributed by atoms with Gasteiger partial charge in [-0.2, -0.15) is 11.8 Å². The van der Waals surface area contributed by atoms with Crippen molar-refractivity contribution in [3.05, 3.63) is 60.2 Å². The normalized spacial score (nSPS) is 18.1. The predicted molar refractivity (Wildman–Crippen MR) is 132 cm³/mol. The second-order valence-electron chi connectivity index (χ2n) is 7.66. The molecule has 1 aliphatic heterocycles. The van der Waals surface area contributed by atoms with Gasteiger partial charge in [0.2, 0.25) is 6.54 Å². The maximum absolute atomic E-state index is 12.1. The molecule has 32 heavy (non-hydrogen) atoms. The molecule has 0 radical (unpaired) electrons. The van der Waals surface area contributed by atoms with Crippen LogP contribution in [0, 0.1) is 0 Å². The lowest BCUT2D eigenvalue weighted by Crippen LogP contribution is -2.45. The van der Waals surface area contributed by atoms with E-state index in [1.165, 1.54) is 11.8 Å². The van der Waals surface area contributed by atoms with Crippen LogP contribution < -0.4 is 10.2 Å². The number of carboxylic acid groups (broad SMARTS) is 1. The number of carbonyl (C=O) groups excluding carboxylic acids is 1. The standard InChI is InChI=1S/C24H31N3O4S/c1-4-18(11-13-26(2)16-23(29)25-22(17-32-3)24(30)31)5-6-19-7-9-20(10-8-19)27-14-12-21(28)15-27/h4-11,13,21-22,28H,1,12,14-17H2,2-3H3,(H-,25,29,30,31)/p+1. The molecule has 1 saturated heterocycles. The molecule has 1 heterocycles. The molecule has 2 atom stereocenters. The fourth-order valence-corrected chi connectivity index (χ4v) is 3.79.